The molecule has 0 saturated carbocycles. The number of alkyl halides is 2. The average molecular weight is 1170 g/mol. The Morgan fingerprint density at radius 1 is 0.314 bits per heavy atom. The molecule has 8 aromatic rings. The van der Waals surface area contributed by atoms with Gasteiger partial charge in [-0.2, -0.15) is 13.6 Å². The molecule has 0 unspecified atom stereocenters. The van der Waals surface area contributed by atoms with Gasteiger partial charge >= 0.3 is 35.3 Å². The van der Waals surface area contributed by atoms with Gasteiger partial charge < -0.3 is 17.3 Å². The minimum atomic E-state index is -6.00. The summed E-state index contributed by atoms with van der Waals surface area (Å²) < 4.78 is 53.1. The first kappa shape index (κ1) is 61.1. The van der Waals surface area contributed by atoms with Crippen LogP contribution in [0.2, 0.25) is 0 Å². The van der Waals surface area contributed by atoms with Crippen molar-refractivity contribution in [1.29, 1.82) is 0 Å². The summed E-state index contributed by atoms with van der Waals surface area (Å²) in [5.74, 6) is 2.49. The Labute approximate surface area is 441 Å². The van der Waals surface area contributed by atoms with E-state index in [-0.39, 0.29) is 24.8 Å². The molecule has 8 aromatic carbocycles. The minimum absolute atomic E-state index is 0. The Hall–Kier alpha value is -3.22. The molecule has 0 aliphatic rings. The van der Waals surface area contributed by atoms with Crippen molar-refractivity contribution in [3.05, 3.63) is 243 Å². The van der Waals surface area contributed by atoms with Crippen LogP contribution in [0.3, 0.4) is 0 Å². The molecule has 0 heterocycles. The second kappa shape index (κ2) is 35.8. The van der Waals surface area contributed by atoms with Crippen LogP contribution < -0.4 is 42.4 Å². The third-order valence-corrected chi connectivity index (χ3v) is 25.1. The van der Waals surface area contributed by atoms with Gasteiger partial charge in [-0.05, 0) is 97.1 Å². The number of benzene rings is 8. The maximum atomic E-state index is 9.75. The molecule has 1 radical (unpaired) electrons. The third-order valence-electron chi connectivity index (χ3n) is 10.2. The van der Waals surface area contributed by atoms with Gasteiger partial charge in [0.2, 0.25) is 0 Å². The smallest absolute Gasteiger partial charge is 0.418 e. The Kier molecular flexibility index (Phi) is 31.3. The molecular formula is C54H60BCl2F4O3P5Ru+5. The quantitative estimate of drug-likeness (QED) is 0.0443. The molecule has 0 fully saturated rings. The second-order valence-electron chi connectivity index (χ2n) is 14.7. The SMILES string of the molecule is CO[PH+](OC)OC.ClCCl.F[B-](F)(F)F.[Ru+].c1ccc([PH+](C[PH+](c2ccccc2)c2ccccc2)c2ccccc2)cc1.c1ccc([PH+](C[PH+](c2ccccc2)c2ccccc2)c2ccccc2)cc1. The molecule has 0 atom stereocenters. The van der Waals surface area contributed by atoms with Gasteiger partial charge in [-0.1, -0.05) is 146 Å². The molecule has 0 saturated heterocycles. The minimum Gasteiger partial charge on any atom is -0.418 e. The van der Waals surface area contributed by atoms with Gasteiger partial charge in [-0.25, -0.2) is 0 Å². The summed E-state index contributed by atoms with van der Waals surface area (Å²) in [6.07, 6.45) is 0. The molecule has 16 heteroatoms. The largest absolute Gasteiger partial charge is 1.00 e. The zero-order valence-electron chi connectivity index (χ0n) is 39.1. The second-order valence-corrected chi connectivity index (χ2v) is 28.5. The van der Waals surface area contributed by atoms with E-state index in [2.05, 4.69) is 243 Å². The van der Waals surface area contributed by atoms with Crippen molar-refractivity contribution in [2.75, 3.05) is 38.5 Å². The maximum Gasteiger partial charge on any atom is 1.00 e. The first-order valence-electron chi connectivity index (χ1n) is 21.9. The van der Waals surface area contributed by atoms with E-state index in [9.17, 15) is 17.3 Å². The summed E-state index contributed by atoms with van der Waals surface area (Å²) in [4.78, 5) is 0. The van der Waals surface area contributed by atoms with Crippen LogP contribution in [-0.4, -0.2) is 45.7 Å². The molecule has 3 nitrogen and oxygen atoms in total. The van der Waals surface area contributed by atoms with Crippen molar-refractivity contribution < 1.29 is 50.3 Å². The number of rotatable bonds is 15. The van der Waals surface area contributed by atoms with Gasteiger partial charge in [-0.3, -0.25) is 0 Å². The zero-order valence-corrected chi connectivity index (χ0v) is 47.4. The zero-order chi connectivity index (χ0) is 49.5. The van der Waals surface area contributed by atoms with Crippen molar-refractivity contribution >= 4 is 113 Å². The molecule has 0 bridgehead atoms. The molecule has 0 aromatic heterocycles. The van der Waals surface area contributed by atoms with Crippen LogP contribution in [0.25, 0.3) is 0 Å². The van der Waals surface area contributed by atoms with Gasteiger partial charge in [0.05, 0.1) is 26.7 Å². The molecule has 8 rings (SSSR count). The molecule has 0 aliphatic carbocycles. The monoisotopic (exact) mass is 1170 g/mol. The van der Waals surface area contributed by atoms with Crippen LogP contribution in [0, 0.1) is 0 Å². The summed E-state index contributed by atoms with van der Waals surface area (Å²) in [7, 11) is -6.08. The Balaban J connectivity index is 0.000000285. The Bertz CT molecular complexity index is 2000. The number of halogens is 6. The predicted octanol–water partition coefficient (Wildman–Crippen LogP) is 13.0. The molecule has 367 valence electrons. The summed E-state index contributed by atoms with van der Waals surface area (Å²) >= 11 is 9.53. The van der Waals surface area contributed by atoms with Crippen molar-refractivity contribution in [3.8, 4) is 0 Å². The van der Waals surface area contributed by atoms with Gasteiger partial charge in [0.15, 0.2) is 11.8 Å². The first-order chi connectivity index (χ1) is 33.6. The first-order valence-corrected chi connectivity index (χ1v) is 31.1. The molecule has 0 amide bonds. The Morgan fingerprint density at radius 2 is 0.429 bits per heavy atom. The molecule has 0 N–H and O–H groups in total. The van der Waals surface area contributed by atoms with E-state index in [1.807, 2.05) is 0 Å². The third kappa shape index (κ3) is 23.1. The fourth-order valence-electron chi connectivity index (χ4n) is 7.20. The van der Waals surface area contributed by atoms with E-state index in [0.717, 1.165) is 0 Å². The fourth-order valence-corrected chi connectivity index (χ4v) is 23.2. The van der Waals surface area contributed by atoms with Gasteiger partial charge in [0, 0.05) is 0 Å². The van der Waals surface area contributed by atoms with Gasteiger partial charge in [-0.15, -0.1) is 23.2 Å². The van der Waals surface area contributed by atoms with Gasteiger partial charge in [0.1, 0.15) is 74.1 Å². The van der Waals surface area contributed by atoms with E-state index >= 15 is 0 Å². The van der Waals surface area contributed by atoms with E-state index in [1.165, 1.54) is 54.2 Å². The van der Waals surface area contributed by atoms with Crippen molar-refractivity contribution in [2.24, 2.45) is 0 Å². The van der Waals surface area contributed by atoms with Crippen molar-refractivity contribution in [3.63, 3.8) is 0 Å². The maximum absolute atomic E-state index is 9.75. The van der Waals surface area contributed by atoms with Crippen LogP contribution in [0.15, 0.2) is 243 Å². The van der Waals surface area contributed by atoms with Crippen molar-refractivity contribution in [1.82, 2.24) is 0 Å². The van der Waals surface area contributed by atoms with E-state index in [4.69, 9.17) is 36.8 Å². The Morgan fingerprint density at radius 3 is 0.514 bits per heavy atom. The molecule has 0 spiro atoms. The molecular weight excluding hydrogens is 1110 g/mol. The number of hydrogen-bond acceptors (Lipinski definition) is 3. The topological polar surface area (TPSA) is 27.7 Å². The summed E-state index contributed by atoms with van der Waals surface area (Å²) in [6, 6.07) is 88.9. The fraction of sp³-hybridized carbons (Fsp3) is 0.111. The van der Waals surface area contributed by atoms with Crippen LogP contribution in [-0.2, 0) is 33.0 Å². The average Bonchev–Trinajstić information content (AvgIpc) is 3.40. The van der Waals surface area contributed by atoms with E-state index in [0.29, 0.717) is 0 Å². The predicted molar refractivity (Wildman–Crippen MR) is 308 cm³/mol. The standard InChI is InChI=1S/2C25H22P2.C3H10O3P.CH2Cl2.BF4.Ru/c2*1-5-13-22(14-6-1)26(23-15-7-2-8-16-23)21-27(24-17-9-3-10-18-24)25-19-11-4-12-20-25;1-4-7(5-2)6-3;2-1-3;2-1(3,4)5;/h2*1-20H,21H2;7H,1-3H3;1H2;;/q;;+1;;-1;+1/p+4. The van der Waals surface area contributed by atoms with Gasteiger partial charge in [0.25, 0.3) is 0 Å². The summed E-state index contributed by atoms with van der Waals surface area (Å²) in [5, 5.41) is 12.2. The van der Waals surface area contributed by atoms with Crippen LogP contribution in [0.1, 0.15) is 0 Å². The van der Waals surface area contributed by atoms with Crippen molar-refractivity contribution in [2.45, 2.75) is 0 Å². The van der Waals surface area contributed by atoms with Crippen LogP contribution >= 0.6 is 63.5 Å². The van der Waals surface area contributed by atoms with Crippen LogP contribution in [0.5, 0.6) is 0 Å². The van der Waals surface area contributed by atoms with E-state index in [1.54, 1.807) is 21.3 Å². The summed E-state index contributed by atoms with van der Waals surface area (Å²) in [6.45, 7) is 0. The van der Waals surface area contributed by atoms with Crippen LogP contribution in [0.4, 0.5) is 17.3 Å². The summed E-state index contributed by atoms with van der Waals surface area (Å²) in [5.41, 5.74) is 0. The molecule has 70 heavy (non-hydrogen) atoms. The van der Waals surface area contributed by atoms with E-state index < -0.39 is 47.5 Å². The number of hydrogen-bond donors (Lipinski definition) is 0. The molecule has 0 aliphatic heterocycles. The normalized spacial score (nSPS) is 10.7.